The van der Waals surface area contributed by atoms with E-state index in [9.17, 15) is 15.2 Å². The molecule has 20 heavy (non-hydrogen) atoms. The molecule has 0 aliphatic carbocycles. The Bertz CT molecular complexity index is 537. The fourth-order valence-corrected chi connectivity index (χ4v) is 1.77. The van der Waals surface area contributed by atoms with E-state index in [0.29, 0.717) is 12.2 Å². The van der Waals surface area contributed by atoms with Crippen molar-refractivity contribution in [3.63, 3.8) is 0 Å². The number of aliphatic hydroxyl groups is 1. The largest absolute Gasteiger partial charge is 0.393 e. The van der Waals surface area contributed by atoms with Crippen LogP contribution in [-0.2, 0) is 0 Å². The van der Waals surface area contributed by atoms with Crippen molar-refractivity contribution in [1.82, 2.24) is 0 Å². The van der Waals surface area contributed by atoms with Crippen molar-refractivity contribution in [3.8, 4) is 6.07 Å². The van der Waals surface area contributed by atoms with Gasteiger partial charge in [-0.3, -0.25) is 10.1 Å². The van der Waals surface area contributed by atoms with Gasteiger partial charge in [-0.1, -0.05) is 13.8 Å². The van der Waals surface area contributed by atoms with Crippen molar-refractivity contribution in [2.75, 3.05) is 11.9 Å². The molecule has 0 fully saturated rings. The highest BCUT2D eigenvalue weighted by Gasteiger charge is 2.27. The van der Waals surface area contributed by atoms with E-state index in [1.165, 1.54) is 12.1 Å². The van der Waals surface area contributed by atoms with E-state index in [0.717, 1.165) is 6.42 Å². The van der Waals surface area contributed by atoms with Crippen LogP contribution in [0, 0.1) is 26.9 Å². The third-order valence-corrected chi connectivity index (χ3v) is 3.83. The first-order chi connectivity index (χ1) is 9.34. The molecular weight excluding hydrogens is 258 g/mol. The number of nitro benzene ring substituents is 1. The van der Waals surface area contributed by atoms with Crippen LogP contribution in [0.1, 0.15) is 32.8 Å². The Morgan fingerprint density at radius 1 is 1.60 bits per heavy atom. The summed E-state index contributed by atoms with van der Waals surface area (Å²) in [7, 11) is 0. The van der Waals surface area contributed by atoms with Crippen LogP contribution in [0.2, 0.25) is 0 Å². The second kappa shape index (κ2) is 6.35. The van der Waals surface area contributed by atoms with Crippen molar-refractivity contribution >= 4 is 11.4 Å². The lowest BCUT2D eigenvalue weighted by atomic mass is 9.82. The van der Waals surface area contributed by atoms with Crippen molar-refractivity contribution in [2.45, 2.75) is 33.3 Å². The van der Waals surface area contributed by atoms with Crippen LogP contribution in [0.25, 0.3) is 0 Å². The Hall–Kier alpha value is -2.13. The molecule has 0 aliphatic heterocycles. The Morgan fingerprint density at radius 3 is 2.70 bits per heavy atom. The normalized spacial score (nSPS) is 14.9. The van der Waals surface area contributed by atoms with E-state index in [2.05, 4.69) is 5.32 Å². The summed E-state index contributed by atoms with van der Waals surface area (Å²) in [5, 5.41) is 32.6. The SMILES string of the molecule is CCC(C)(CNc1ccc([N+](=O)[O-])c(C#N)c1)C(C)O. The summed E-state index contributed by atoms with van der Waals surface area (Å²) in [6, 6.07) is 6.15. The molecular formula is C14H19N3O3. The maximum atomic E-state index is 10.7. The predicted octanol–water partition coefficient (Wildman–Crippen LogP) is 2.68. The van der Waals surface area contributed by atoms with E-state index in [4.69, 9.17) is 5.26 Å². The standard InChI is InChI=1S/C14H19N3O3/c1-4-14(3,10(2)18)9-16-12-5-6-13(17(19)20)11(7-12)8-15/h5-7,10,16,18H,4,9H2,1-3H3. The average Bonchev–Trinajstić information content (AvgIpc) is 2.43. The van der Waals surface area contributed by atoms with E-state index < -0.39 is 11.0 Å². The zero-order valence-corrected chi connectivity index (χ0v) is 11.9. The van der Waals surface area contributed by atoms with E-state index >= 15 is 0 Å². The average molecular weight is 277 g/mol. The van der Waals surface area contributed by atoms with E-state index in [1.54, 1.807) is 13.0 Å². The highest BCUT2D eigenvalue weighted by atomic mass is 16.6. The molecule has 108 valence electrons. The number of nitrogens with zero attached hydrogens (tertiary/aromatic N) is 2. The zero-order chi connectivity index (χ0) is 15.3. The molecule has 1 rings (SSSR count). The molecule has 0 saturated carbocycles. The Morgan fingerprint density at radius 2 is 2.25 bits per heavy atom. The number of nitriles is 1. The van der Waals surface area contributed by atoms with Gasteiger partial charge in [-0.15, -0.1) is 0 Å². The van der Waals surface area contributed by atoms with Crippen molar-refractivity contribution in [2.24, 2.45) is 5.41 Å². The van der Waals surface area contributed by atoms with Crippen molar-refractivity contribution < 1.29 is 10.0 Å². The molecule has 2 atom stereocenters. The molecule has 2 N–H and O–H groups in total. The Labute approximate surface area is 118 Å². The Kier molecular flexibility index (Phi) is 5.06. The fourth-order valence-electron chi connectivity index (χ4n) is 1.77. The van der Waals surface area contributed by atoms with Crippen LogP contribution in [0.15, 0.2) is 18.2 Å². The van der Waals surface area contributed by atoms with Crippen LogP contribution >= 0.6 is 0 Å². The molecule has 0 spiro atoms. The molecule has 1 aromatic rings. The van der Waals surface area contributed by atoms with Gasteiger partial charge >= 0.3 is 0 Å². The van der Waals surface area contributed by atoms with Crippen molar-refractivity contribution in [3.05, 3.63) is 33.9 Å². The quantitative estimate of drug-likeness (QED) is 0.615. The molecule has 2 unspecified atom stereocenters. The maximum Gasteiger partial charge on any atom is 0.287 e. The first-order valence-electron chi connectivity index (χ1n) is 6.44. The molecule has 0 saturated heterocycles. The topological polar surface area (TPSA) is 99.2 Å². The molecule has 0 heterocycles. The molecule has 0 bridgehead atoms. The number of aliphatic hydroxyl groups excluding tert-OH is 1. The van der Waals surface area contributed by atoms with Crippen LogP contribution in [0.3, 0.4) is 0 Å². The zero-order valence-electron chi connectivity index (χ0n) is 11.9. The van der Waals surface area contributed by atoms with Gasteiger partial charge in [-0.2, -0.15) is 5.26 Å². The monoisotopic (exact) mass is 277 g/mol. The number of nitro groups is 1. The highest BCUT2D eigenvalue weighted by Crippen LogP contribution is 2.27. The van der Waals surface area contributed by atoms with Crippen LogP contribution in [0.5, 0.6) is 0 Å². The molecule has 6 heteroatoms. The smallest absolute Gasteiger partial charge is 0.287 e. The number of anilines is 1. The van der Waals surface area contributed by atoms with Gasteiger partial charge in [-0.05, 0) is 25.5 Å². The third kappa shape index (κ3) is 3.45. The first kappa shape index (κ1) is 15.9. The summed E-state index contributed by atoms with van der Waals surface area (Å²) >= 11 is 0. The number of nitrogens with one attached hydrogen (secondary N) is 1. The lowest BCUT2D eigenvalue weighted by Gasteiger charge is -2.32. The van der Waals surface area contributed by atoms with Gasteiger partial charge < -0.3 is 10.4 Å². The molecule has 1 aromatic carbocycles. The number of hydrogen-bond acceptors (Lipinski definition) is 5. The van der Waals surface area contributed by atoms with Gasteiger partial charge in [0, 0.05) is 23.7 Å². The fraction of sp³-hybridized carbons (Fsp3) is 0.500. The molecule has 0 aliphatic rings. The highest BCUT2D eigenvalue weighted by molar-refractivity contribution is 5.58. The minimum Gasteiger partial charge on any atom is -0.393 e. The summed E-state index contributed by atoms with van der Waals surface area (Å²) in [6.07, 6.45) is 0.309. The van der Waals surface area contributed by atoms with Gasteiger partial charge in [0.25, 0.3) is 5.69 Å². The van der Waals surface area contributed by atoms with Gasteiger partial charge in [0.1, 0.15) is 11.6 Å². The number of rotatable bonds is 6. The van der Waals surface area contributed by atoms with Gasteiger partial charge in [0.15, 0.2) is 0 Å². The van der Waals surface area contributed by atoms with Gasteiger partial charge in [-0.25, -0.2) is 0 Å². The van der Waals surface area contributed by atoms with E-state index in [1.807, 2.05) is 19.9 Å². The second-order valence-corrected chi connectivity index (χ2v) is 5.14. The van der Waals surface area contributed by atoms with Crippen molar-refractivity contribution in [1.29, 1.82) is 5.26 Å². The lowest BCUT2D eigenvalue weighted by molar-refractivity contribution is -0.385. The van der Waals surface area contributed by atoms with Crippen LogP contribution in [-0.4, -0.2) is 22.7 Å². The summed E-state index contributed by atoms with van der Waals surface area (Å²) < 4.78 is 0. The molecule has 0 aromatic heterocycles. The minimum atomic E-state index is -0.575. The first-order valence-corrected chi connectivity index (χ1v) is 6.44. The molecule has 0 radical (unpaired) electrons. The number of hydrogen-bond donors (Lipinski definition) is 2. The van der Waals surface area contributed by atoms with Gasteiger partial charge in [0.2, 0.25) is 0 Å². The molecule has 6 nitrogen and oxygen atoms in total. The maximum absolute atomic E-state index is 10.7. The number of benzene rings is 1. The van der Waals surface area contributed by atoms with Gasteiger partial charge in [0.05, 0.1) is 11.0 Å². The summed E-state index contributed by atoms with van der Waals surface area (Å²) in [5.41, 5.74) is 0.156. The van der Waals surface area contributed by atoms with E-state index in [-0.39, 0.29) is 16.7 Å². The predicted molar refractivity (Wildman–Crippen MR) is 76.4 cm³/mol. The summed E-state index contributed by atoms with van der Waals surface area (Å²) in [5.74, 6) is 0. The summed E-state index contributed by atoms with van der Waals surface area (Å²) in [4.78, 5) is 10.2. The Balaban J connectivity index is 2.90. The summed E-state index contributed by atoms with van der Waals surface area (Å²) in [6.45, 7) is 6.21. The minimum absolute atomic E-state index is 0.0234. The second-order valence-electron chi connectivity index (χ2n) is 5.14. The third-order valence-electron chi connectivity index (χ3n) is 3.83. The molecule has 0 amide bonds. The van der Waals surface area contributed by atoms with Crippen LogP contribution in [0.4, 0.5) is 11.4 Å². The lowest BCUT2D eigenvalue weighted by Crippen LogP contribution is -2.36. The van der Waals surface area contributed by atoms with Crippen LogP contribution < -0.4 is 5.32 Å².